The molecule has 0 aliphatic heterocycles. The highest BCUT2D eigenvalue weighted by molar-refractivity contribution is 7.10. The summed E-state index contributed by atoms with van der Waals surface area (Å²) in [6.07, 6.45) is 0. The van der Waals surface area contributed by atoms with Gasteiger partial charge in [0.1, 0.15) is 11.6 Å². The third-order valence-electron chi connectivity index (χ3n) is 3.03. The third-order valence-corrected chi connectivity index (χ3v) is 4.26. The van der Waals surface area contributed by atoms with Gasteiger partial charge in [0.25, 0.3) is 0 Å². The number of halogens is 1. The maximum atomic E-state index is 13.1. The number of nitrogens with one attached hydrogen (secondary N) is 1. The summed E-state index contributed by atoms with van der Waals surface area (Å²) in [7, 11) is 0. The predicted molar refractivity (Wildman–Crippen MR) is 77.1 cm³/mol. The van der Waals surface area contributed by atoms with Gasteiger partial charge in [0.15, 0.2) is 0 Å². The standard InChI is InChI=1S/C15H18FNOS/c1-15(2,14-4-3-5-19-14)10-17-9-11-6-12(16)8-13(18)7-11/h3-8,17-18H,9-10H2,1-2H3. The normalized spacial score (nSPS) is 11.7. The molecule has 2 aromatic rings. The molecule has 0 radical (unpaired) electrons. The molecule has 2 rings (SSSR count). The van der Waals surface area contributed by atoms with Gasteiger partial charge in [0, 0.05) is 29.4 Å². The highest BCUT2D eigenvalue weighted by Crippen LogP contribution is 2.26. The number of aromatic hydroxyl groups is 1. The van der Waals surface area contributed by atoms with Crippen molar-refractivity contribution in [3.05, 3.63) is 52.0 Å². The molecule has 0 amide bonds. The van der Waals surface area contributed by atoms with Gasteiger partial charge in [-0.15, -0.1) is 11.3 Å². The Bertz CT molecular complexity index is 517. The van der Waals surface area contributed by atoms with E-state index < -0.39 is 5.82 Å². The van der Waals surface area contributed by atoms with Gasteiger partial charge in [0.05, 0.1) is 0 Å². The largest absolute Gasteiger partial charge is 0.508 e. The van der Waals surface area contributed by atoms with Gasteiger partial charge in [-0.3, -0.25) is 0 Å². The lowest BCUT2D eigenvalue weighted by Gasteiger charge is -2.23. The molecule has 1 aromatic heterocycles. The minimum absolute atomic E-state index is 0.0330. The molecular weight excluding hydrogens is 261 g/mol. The van der Waals surface area contributed by atoms with Crippen LogP contribution in [0.4, 0.5) is 4.39 Å². The van der Waals surface area contributed by atoms with Gasteiger partial charge in [-0.05, 0) is 29.1 Å². The lowest BCUT2D eigenvalue weighted by Crippen LogP contribution is -2.31. The molecule has 2 nitrogen and oxygen atoms in total. The number of hydrogen-bond donors (Lipinski definition) is 2. The Hall–Kier alpha value is -1.39. The first-order chi connectivity index (χ1) is 8.97. The van der Waals surface area contributed by atoms with Gasteiger partial charge in [0.2, 0.25) is 0 Å². The SMILES string of the molecule is CC(C)(CNCc1cc(O)cc(F)c1)c1cccs1. The Morgan fingerprint density at radius 3 is 2.74 bits per heavy atom. The molecule has 0 unspecified atom stereocenters. The molecule has 0 aliphatic rings. The molecule has 102 valence electrons. The molecule has 1 aromatic carbocycles. The van der Waals surface area contributed by atoms with E-state index in [4.69, 9.17) is 0 Å². The fraction of sp³-hybridized carbons (Fsp3) is 0.333. The van der Waals surface area contributed by atoms with Crippen LogP contribution in [0.25, 0.3) is 0 Å². The number of rotatable bonds is 5. The van der Waals surface area contributed by atoms with Crippen LogP contribution in [0.15, 0.2) is 35.7 Å². The maximum absolute atomic E-state index is 13.1. The van der Waals surface area contributed by atoms with Gasteiger partial charge in [-0.2, -0.15) is 0 Å². The number of thiophene rings is 1. The maximum Gasteiger partial charge on any atom is 0.127 e. The lowest BCUT2D eigenvalue weighted by atomic mass is 9.91. The zero-order valence-electron chi connectivity index (χ0n) is 11.1. The van der Waals surface area contributed by atoms with Crippen molar-refractivity contribution in [1.82, 2.24) is 5.32 Å². The first kappa shape index (κ1) is 14.0. The summed E-state index contributed by atoms with van der Waals surface area (Å²) in [4.78, 5) is 1.32. The minimum Gasteiger partial charge on any atom is -0.508 e. The Labute approximate surface area is 116 Å². The molecule has 0 atom stereocenters. The molecule has 19 heavy (non-hydrogen) atoms. The molecule has 1 heterocycles. The lowest BCUT2D eigenvalue weighted by molar-refractivity contribution is 0.462. The van der Waals surface area contributed by atoms with Crippen molar-refractivity contribution in [3.8, 4) is 5.75 Å². The zero-order chi connectivity index (χ0) is 13.9. The molecule has 0 saturated carbocycles. The molecule has 0 spiro atoms. The fourth-order valence-electron chi connectivity index (χ4n) is 2.01. The Morgan fingerprint density at radius 1 is 1.32 bits per heavy atom. The number of phenolic OH excluding ortho intramolecular Hbond substituents is 1. The summed E-state index contributed by atoms with van der Waals surface area (Å²) >= 11 is 1.74. The van der Waals surface area contributed by atoms with Crippen LogP contribution < -0.4 is 5.32 Å². The highest BCUT2D eigenvalue weighted by atomic mass is 32.1. The van der Waals surface area contributed by atoms with E-state index in [1.54, 1.807) is 17.4 Å². The summed E-state index contributed by atoms with van der Waals surface area (Å²) in [5.74, 6) is -0.441. The van der Waals surface area contributed by atoms with Crippen molar-refractivity contribution in [2.45, 2.75) is 25.8 Å². The van der Waals surface area contributed by atoms with E-state index in [2.05, 4.69) is 30.6 Å². The first-order valence-corrected chi connectivity index (χ1v) is 7.08. The van der Waals surface area contributed by atoms with E-state index in [1.807, 2.05) is 6.07 Å². The second kappa shape index (κ2) is 5.72. The quantitative estimate of drug-likeness (QED) is 0.875. The summed E-state index contributed by atoms with van der Waals surface area (Å²) in [6, 6.07) is 8.30. The van der Waals surface area contributed by atoms with Crippen LogP contribution in [0.2, 0.25) is 0 Å². The van der Waals surface area contributed by atoms with E-state index in [0.29, 0.717) is 6.54 Å². The van der Waals surface area contributed by atoms with E-state index in [0.717, 1.165) is 18.2 Å². The monoisotopic (exact) mass is 279 g/mol. The van der Waals surface area contributed by atoms with Crippen molar-refractivity contribution >= 4 is 11.3 Å². The minimum atomic E-state index is -0.408. The van der Waals surface area contributed by atoms with Crippen LogP contribution in [0, 0.1) is 5.82 Å². The van der Waals surface area contributed by atoms with E-state index in [-0.39, 0.29) is 11.2 Å². The Morgan fingerprint density at radius 2 is 2.11 bits per heavy atom. The topological polar surface area (TPSA) is 32.3 Å². The van der Waals surface area contributed by atoms with Crippen molar-refractivity contribution in [2.24, 2.45) is 0 Å². The Balaban J connectivity index is 1.93. The Kier molecular flexibility index (Phi) is 4.22. The number of hydrogen-bond acceptors (Lipinski definition) is 3. The van der Waals surface area contributed by atoms with Crippen LogP contribution in [-0.4, -0.2) is 11.7 Å². The molecular formula is C15H18FNOS. The second-order valence-electron chi connectivity index (χ2n) is 5.28. The molecule has 2 N–H and O–H groups in total. The van der Waals surface area contributed by atoms with Crippen LogP contribution in [-0.2, 0) is 12.0 Å². The van der Waals surface area contributed by atoms with Gasteiger partial charge in [-0.25, -0.2) is 4.39 Å². The molecule has 0 bridgehead atoms. The first-order valence-electron chi connectivity index (χ1n) is 6.20. The van der Waals surface area contributed by atoms with Crippen molar-refractivity contribution in [1.29, 1.82) is 0 Å². The van der Waals surface area contributed by atoms with E-state index in [9.17, 15) is 9.50 Å². The summed E-state index contributed by atoms with van der Waals surface area (Å²) in [6.45, 7) is 5.69. The average Bonchev–Trinajstić information content (AvgIpc) is 2.81. The number of phenols is 1. The predicted octanol–water partition coefficient (Wildman–Crippen LogP) is 3.66. The third kappa shape index (κ3) is 3.78. The van der Waals surface area contributed by atoms with Crippen LogP contribution >= 0.6 is 11.3 Å². The van der Waals surface area contributed by atoms with Crippen molar-refractivity contribution in [3.63, 3.8) is 0 Å². The van der Waals surface area contributed by atoms with Crippen LogP contribution in [0.3, 0.4) is 0 Å². The van der Waals surface area contributed by atoms with E-state index in [1.165, 1.54) is 10.9 Å². The van der Waals surface area contributed by atoms with Crippen molar-refractivity contribution < 1.29 is 9.50 Å². The van der Waals surface area contributed by atoms with Crippen LogP contribution in [0.5, 0.6) is 5.75 Å². The van der Waals surface area contributed by atoms with Gasteiger partial charge < -0.3 is 10.4 Å². The zero-order valence-corrected chi connectivity index (χ0v) is 11.9. The average molecular weight is 279 g/mol. The fourth-order valence-corrected chi connectivity index (χ4v) is 2.86. The van der Waals surface area contributed by atoms with Crippen molar-refractivity contribution in [2.75, 3.05) is 6.54 Å². The smallest absolute Gasteiger partial charge is 0.127 e. The van der Waals surface area contributed by atoms with Gasteiger partial charge >= 0.3 is 0 Å². The summed E-state index contributed by atoms with van der Waals surface area (Å²) in [5, 5.41) is 14.7. The summed E-state index contributed by atoms with van der Waals surface area (Å²) in [5.41, 5.74) is 0.795. The molecule has 0 fully saturated rings. The highest BCUT2D eigenvalue weighted by Gasteiger charge is 2.20. The van der Waals surface area contributed by atoms with E-state index >= 15 is 0 Å². The van der Waals surface area contributed by atoms with Crippen LogP contribution in [0.1, 0.15) is 24.3 Å². The molecule has 0 aliphatic carbocycles. The van der Waals surface area contributed by atoms with Gasteiger partial charge in [-0.1, -0.05) is 19.9 Å². The molecule has 4 heteroatoms. The second-order valence-corrected chi connectivity index (χ2v) is 6.23. The molecule has 0 saturated heterocycles. The summed E-state index contributed by atoms with van der Waals surface area (Å²) < 4.78 is 13.1. The number of benzene rings is 1.